The Morgan fingerprint density at radius 3 is 2.68 bits per heavy atom. The second kappa shape index (κ2) is 6.47. The van der Waals surface area contributed by atoms with Crippen LogP contribution < -0.4 is 5.32 Å². The summed E-state index contributed by atoms with van der Waals surface area (Å²) in [5, 5.41) is 9.68. The molecule has 1 atom stereocenters. The lowest BCUT2D eigenvalue weighted by Gasteiger charge is -2.23. The number of nitrogens with zero attached hydrogens (tertiary/aromatic N) is 2. The van der Waals surface area contributed by atoms with Crippen LogP contribution in [0, 0.1) is 6.92 Å². The molecule has 0 saturated heterocycles. The number of aromatic nitrogens is 2. The highest BCUT2D eigenvalue weighted by molar-refractivity contribution is 7.89. The summed E-state index contributed by atoms with van der Waals surface area (Å²) in [6.07, 6.45) is 0. The van der Waals surface area contributed by atoms with E-state index in [2.05, 4.69) is 15.5 Å². The van der Waals surface area contributed by atoms with Gasteiger partial charge >= 0.3 is 0 Å². The number of aryl methyl sites for hydroxylation is 1. The minimum atomic E-state index is -3.62. The van der Waals surface area contributed by atoms with Gasteiger partial charge in [0.2, 0.25) is 0 Å². The normalized spacial score (nSPS) is 14.0. The lowest BCUT2D eigenvalue weighted by Crippen LogP contribution is -2.38. The molecule has 110 valence electrons. The van der Waals surface area contributed by atoms with Crippen LogP contribution in [0.25, 0.3) is 0 Å². The number of nitrogens with one attached hydrogen (secondary N) is 2. The fourth-order valence-electron chi connectivity index (χ4n) is 1.75. The smallest absolute Gasteiger partial charge is 0.262 e. The van der Waals surface area contributed by atoms with E-state index in [4.69, 9.17) is 4.74 Å². The van der Waals surface area contributed by atoms with Crippen LogP contribution in [-0.2, 0) is 21.3 Å². The van der Waals surface area contributed by atoms with Gasteiger partial charge in [0.1, 0.15) is 0 Å². The van der Waals surface area contributed by atoms with Crippen molar-refractivity contribution in [2.24, 2.45) is 0 Å². The number of likely N-dealkylation sites (N-methyl/N-ethyl adjacent to an activating group) is 1. The number of sulfonamides is 1. The molecule has 0 aliphatic rings. The number of H-pyrrole nitrogens is 1. The van der Waals surface area contributed by atoms with Gasteiger partial charge in [-0.15, -0.1) is 0 Å². The van der Waals surface area contributed by atoms with E-state index in [0.717, 1.165) is 5.69 Å². The zero-order chi connectivity index (χ0) is 14.6. The molecule has 7 nitrogen and oxygen atoms in total. The molecule has 0 spiro atoms. The largest absolute Gasteiger partial charge is 0.383 e. The fraction of sp³-hybridized carbons (Fsp3) is 0.727. The fourth-order valence-corrected chi connectivity index (χ4v) is 3.25. The van der Waals surface area contributed by atoms with E-state index in [0.29, 0.717) is 18.7 Å². The Morgan fingerprint density at radius 1 is 1.53 bits per heavy atom. The predicted octanol–water partition coefficient (Wildman–Crippen LogP) is 0.0929. The maximum atomic E-state index is 12.5. The number of ether oxygens (including phenoxy) is 1. The Hall–Kier alpha value is -0.960. The monoisotopic (exact) mass is 290 g/mol. The van der Waals surface area contributed by atoms with Crippen molar-refractivity contribution in [3.63, 3.8) is 0 Å². The van der Waals surface area contributed by atoms with Gasteiger partial charge in [-0.3, -0.25) is 5.10 Å². The maximum Gasteiger partial charge on any atom is 0.262 e. The average Bonchev–Trinajstić information content (AvgIpc) is 2.71. The highest BCUT2D eigenvalue weighted by Crippen LogP contribution is 2.20. The van der Waals surface area contributed by atoms with Gasteiger partial charge < -0.3 is 10.1 Å². The number of hydrogen-bond donors (Lipinski definition) is 2. The third-order valence-corrected chi connectivity index (χ3v) is 4.99. The standard InChI is InChI=1S/C11H22N4O3S/c1-8(7-18-5)15(4)19(16,17)11-10(6-12-3)9(2)13-14-11/h8,12H,6-7H2,1-5H3,(H,13,14). The van der Waals surface area contributed by atoms with Crippen molar-refractivity contribution in [3.05, 3.63) is 11.3 Å². The molecule has 0 bridgehead atoms. The molecule has 2 N–H and O–H groups in total. The second-order valence-corrected chi connectivity index (χ2v) is 6.40. The molecule has 1 aromatic rings. The molecule has 0 aliphatic heterocycles. The Morgan fingerprint density at radius 2 is 2.16 bits per heavy atom. The van der Waals surface area contributed by atoms with Gasteiger partial charge in [-0.2, -0.15) is 9.40 Å². The lowest BCUT2D eigenvalue weighted by atomic mass is 10.3. The number of rotatable bonds is 7. The Labute approximate surface area is 114 Å². The van der Waals surface area contributed by atoms with E-state index in [1.165, 1.54) is 11.4 Å². The van der Waals surface area contributed by atoms with E-state index >= 15 is 0 Å². The molecule has 1 aromatic heterocycles. The zero-order valence-electron chi connectivity index (χ0n) is 12.0. The van der Waals surface area contributed by atoms with Crippen LogP contribution in [0.2, 0.25) is 0 Å². The van der Waals surface area contributed by atoms with Gasteiger partial charge in [0.05, 0.1) is 6.61 Å². The lowest BCUT2D eigenvalue weighted by molar-refractivity contribution is 0.149. The van der Waals surface area contributed by atoms with Crippen molar-refractivity contribution < 1.29 is 13.2 Å². The van der Waals surface area contributed by atoms with Crippen LogP contribution in [0.3, 0.4) is 0 Å². The Balaban J connectivity index is 3.13. The Kier molecular flexibility index (Phi) is 5.48. The van der Waals surface area contributed by atoms with Gasteiger partial charge in [-0.05, 0) is 20.9 Å². The van der Waals surface area contributed by atoms with Crippen LogP contribution in [0.4, 0.5) is 0 Å². The summed E-state index contributed by atoms with van der Waals surface area (Å²) in [6.45, 7) is 4.37. The first-order valence-corrected chi connectivity index (χ1v) is 7.45. The van der Waals surface area contributed by atoms with Crippen LogP contribution >= 0.6 is 0 Å². The van der Waals surface area contributed by atoms with Crippen molar-refractivity contribution >= 4 is 10.0 Å². The summed E-state index contributed by atoms with van der Waals surface area (Å²) in [7, 11) is 1.22. The van der Waals surface area contributed by atoms with Crippen LogP contribution in [0.1, 0.15) is 18.2 Å². The predicted molar refractivity (Wildman–Crippen MR) is 72.4 cm³/mol. The number of hydrogen-bond acceptors (Lipinski definition) is 5. The van der Waals surface area contributed by atoms with Gasteiger partial charge in [0.25, 0.3) is 10.0 Å². The molecule has 0 radical (unpaired) electrons. The highest BCUT2D eigenvalue weighted by atomic mass is 32.2. The summed E-state index contributed by atoms with van der Waals surface area (Å²) in [5.74, 6) is 0. The molecule has 0 aliphatic carbocycles. The molecule has 1 heterocycles. The van der Waals surface area contributed by atoms with Crippen LogP contribution in [0.15, 0.2) is 5.03 Å². The average molecular weight is 290 g/mol. The topological polar surface area (TPSA) is 87.3 Å². The van der Waals surface area contributed by atoms with E-state index < -0.39 is 10.0 Å². The first kappa shape index (κ1) is 16.1. The van der Waals surface area contributed by atoms with E-state index in [-0.39, 0.29) is 11.1 Å². The molecule has 0 amide bonds. The third-order valence-electron chi connectivity index (χ3n) is 3.04. The van der Waals surface area contributed by atoms with Gasteiger partial charge in [0.15, 0.2) is 5.03 Å². The molecule has 19 heavy (non-hydrogen) atoms. The summed E-state index contributed by atoms with van der Waals surface area (Å²) < 4.78 is 31.3. The summed E-state index contributed by atoms with van der Waals surface area (Å²) in [4.78, 5) is 0. The SMILES string of the molecule is CNCc1c(S(=O)(=O)N(C)C(C)COC)n[nH]c1C. The van der Waals surface area contributed by atoms with Gasteiger partial charge in [-0.25, -0.2) is 8.42 Å². The van der Waals surface area contributed by atoms with Crippen molar-refractivity contribution in [2.45, 2.75) is 31.5 Å². The minimum Gasteiger partial charge on any atom is -0.383 e. The van der Waals surface area contributed by atoms with Crippen molar-refractivity contribution in [3.8, 4) is 0 Å². The third kappa shape index (κ3) is 3.33. The molecule has 1 unspecified atom stereocenters. The second-order valence-electron chi connectivity index (χ2n) is 4.49. The van der Waals surface area contributed by atoms with Gasteiger partial charge in [0, 0.05) is 38.0 Å². The quantitative estimate of drug-likeness (QED) is 0.743. The summed E-state index contributed by atoms with van der Waals surface area (Å²) >= 11 is 0. The van der Waals surface area contributed by atoms with Crippen molar-refractivity contribution in [2.75, 3.05) is 27.8 Å². The first-order chi connectivity index (χ1) is 8.86. The molecular weight excluding hydrogens is 268 g/mol. The molecule has 0 aromatic carbocycles. The Bertz CT molecular complexity index is 512. The summed E-state index contributed by atoms with van der Waals surface area (Å²) in [5.41, 5.74) is 1.42. The van der Waals surface area contributed by atoms with Crippen LogP contribution in [0.5, 0.6) is 0 Å². The highest BCUT2D eigenvalue weighted by Gasteiger charge is 2.30. The van der Waals surface area contributed by atoms with Crippen molar-refractivity contribution in [1.29, 1.82) is 0 Å². The van der Waals surface area contributed by atoms with Gasteiger partial charge in [-0.1, -0.05) is 0 Å². The van der Waals surface area contributed by atoms with Crippen molar-refractivity contribution in [1.82, 2.24) is 19.8 Å². The molecule has 8 heteroatoms. The number of methoxy groups -OCH3 is 1. The maximum absolute atomic E-state index is 12.5. The molecular formula is C11H22N4O3S. The van der Waals surface area contributed by atoms with E-state index in [9.17, 15) is 8.42 Å². The van der Waals surface area contributed by atoms with E-state index in [1.54, 1.807) is 28.0 Å². The number of aromatic amines is 1. The zero-order valence-corrected chi connectivity index (χ0v) is 12.8. The molecule has 0 fully saturated rings. The summed E-state index contributed by atoms with van der Waals surface area (Å²) in [6, 6.07) is -0.255. The minimum absolute atomic E-state index is 0.0739. The first-order valence-electron chi connectivity index (χ1n) is 6.01. The van der Waals surface area contributed by atoms with Crippen LogP contribution in [-0.4, -0.2) is 56.8 Å². The molecule has 0 saturated carbocycles. The molecule has 1 rings (SSSR count). The van der Waals surface area contributed by atoms with E-state index in [1.807, 2.05) is 0 Å².